The first kappa shape index (κ1) is 16.3. The van der Waals surface area contributed by atoms with E-state index in [-0.39, 0.29) is 6.61 Å². The molecule has 5 heteroatoms. The molecule has 106 valence electrons. The third kappa shape index (κ3) is 4.10. The number of anilines is 1. The zero-order valence-electron chi connectivity index (χ0n) is 11.4. The van der Waals surface area contributed by atoms with Crippen molar-refractivity contribution in [3.8, 4) is 0 Å². The lowest BCUT2D eigenvalue weighted by molar-refractivity contribution is -0.117. The standard InChI is InChI=1S/C14H19Cl2NO2/c1-4-10-7-6-8-11(5-2)12(10)17-13(18)14(15,16)9-19-3/h6-8H,4-5,9H2,1-3H3,(H,17,18). The van der Waals surface area contributed by atoms with Gasteiger partial charge in [-0.3, -0.25) is 4.79 Å². The summed E-state index contributed by atoms with van der Waals surface area (Å²) >= 11 is 11.9. The van der Waals surface area contributed by atoms with E-state index in [1.54, 1.807) is 0 Å². The van der Waals surface area contributed by atoms with Crippen molar-refractivity contribution in [1.29, 1.82) is 0 Å². The number of methoxy groups -OCH3 is 1. The number of hydrogen-bond donors (Lipinski definition) is 1. The fraction of sp³-hybridized carbons (Fsp3) is 0.500. The number of alkyl halides is 2. The molecule has 0 fully saturated rings. The normalized spacial score (nSPS) is 11.4. The Bertz CT molecular complexity index is 425. The average Bonchev–Trinajstić information content (AvgIpc) is 2.38. The summed E-state index contributed by atoms with van der Waals surface area (Å²) in [6, 6.07) is 5.95. The van der Waals surface area contributed by atoms with Crippen LogP contribution in [0.25, 0.3) is 0 Å². The second-order valence-electron chi connectivity index (χ2n) is 4.25. The fourth-order valence-corrected chi connectivity index (χ4v) is 2.17. The Morgan fingerprint density at radius 2 is 1.79 bits per heavy atom. The third-order valence-electron chi connectivity index (χ3n) is 2.90. The molecular weight excluding hydrogens is 285 g/mol. The molecule has 1 rings (SSSR count). The molecule has 0 aromatic heterocycles. The molecule has 19 heavy (non-hydrogen) atoms. The van der Waals surface area contributed by atoms with Gasteiger partial charge in [0.25, 0.3) is 5.91 Å². The Kier molecular flexibility index (Phi) is 6.11. The van der Waals surface area contributed by atoms with Gasteiger partial charge < -0.3 is 10.1 Å². The second-order valence-corrected chi connectivity index (χ2v) is 5.73. The number of halogens is 2. The molecule has 0 unspecified atom stereocenters. The van der Waals surface area contributed by atoms with E-state index >= 15 is 0 Å². The Hall–Kier alpha value is -0.770. The van der Waals surface area contributed by atoms with Crippen LogP contribution in [0.5, 0.6) is 0 Å². The number of carbonyl (C=O) groups excluding carboxylic acids is 1. The lowest BCUT2D eigenvalue weighted by Crippen LogP contribution is -2.37. The van der Waals surface area contributed by atoms with Gasteiger partial charge in [-0.25, -0.2) is 0 Å². The predicted molar refractivity (Wildman–Crippen MR) is 80.1 cm³/mol. The molecule has 0 aliphatic carbocycles. The molecule has 0 radical (unpaired) electrons. The summed E-state index contributed by atoms with van der Waals surface area (Å²) in [6.07, 6.45) is 1.65. The van der Waals surface area contributed by atoms with E-state index < -0.39 is 10.2 Å². The maximum Gasteiger partial charge on any atom is 0.263 e. The van der Waals surface area contributed by atoms with Crippen molar-refractivity contribution in [2.45, 2.75) is 31.0 Å². The van der Waals surface area contributed by atoms with E-state index in [1.165, 1.54) is 7.11 Å². The number of hydrogen-bond acceptors (Lipinski definition) is 2. The number of aryl methyl sites for hydroxylation is 2. The number of amides is 1. The third-order valence-corrected chi connectivity index (χ3v) is 3.46. The number of ether oxygens (including phenoxy) is 1. The van der Waals surface area contributed by atoms with Crippen molar-refractivity contribution >= 4 is 34.8 Å². The monoisotopic (exact) mass is 303 g/mol. The highest BCUT2D eigenvalue weighted by Crippen LogP contribution is 2.27. The van der Waals surface area contributed by atoms with Gasteiger partial charge in [-0.05, 0) is 24.0 Å². The number of carbonyl (C=O) groups is 1. The predicted octanol–water partition coefficient (Wildman–Crippen LogP) is 3.57. The molecule has 1 amide bonds. The number of para-hydroxylation sites is 1. The minimum atomic E-state index is -1.58. The van der Waals surface area contributed by atoms with E-state index in [1.807, 2.05) is 32.0 Å². The van der Waals surface area contributed by atoms with E-state index in [9.17, 15) is 4.79 Å². The van der Waals surface area contributed by atoms with E-state index in [0.29, 0.717) is 0 Å². The van der Waals surface area contributed by atoms with Gasteiger partial charge in [-0.1, -0.05) is 55.2 Å². The highest BCUT2D eigenvalue weighted by molar-refractivity contribution is 6.59. The molecule has 0 saturated heterocycles. The molecule has 0 spiro atoms. The minimum Gasteiger partial charge on any atom is -0.381 e. The summed E-state index contributed by atoms with van der Waals surface area (Å²) in [5.74, 6) is -0.465. The zero-order valence-corrected chi connectivity index (χ0v) is 12.9. The summed E-state index contributed by atoms with van der Waals surface area (Å²) in [6.45, 7) is 4.01. The zero-order chi connectivity index (χ0) is 14.5. The van der Waals surface area contributed by atoms with Crippen molar-refractivity contribution in [2.75, 3.05) is 19.0 Å². The first-order chi connectivity index (χ1) is 8.96. The van der Waals surface area contributed by atoms with Gasteiger partial charge in [0.1, 0.15) is 0 Å². The van der Waals surface area contributed by atoms with Crippen LogP contribution in [0.2, 0.25) is 0 Å². The van der Waals surface area contributed by atoms with Crippen LogP contribution < -0.4 is 5.32 Å². The molecule has 1 aromatic rings. The SMILES string of the molecule is CCc1cccc(CC)c1NC(=O)C(Cl)(Cl)COC. The van der Waals surface area contributed by atoms with Crippen LogP contribution in [0.3, 0.4) is 0 Å². The van der Waals surface area contributed by atoms with Gasteiger partial charge in [0.05, 0.1) is 6.61 Å². The van der Waals surface area contributed by atoms with Crippen LogP contribution in [0.15, 0.2) is 18.2 Å². The summed E-state index contributed by atoms with van der Waals surface area (Å²) in [4.78, 5) is 12.1. The number of benzene rings is 1. The molecular formula is C14H19Cl2NO2. The van der Waals surface area contributed by atoms with Gasteiger partial charge >= 0.3 is 0 Å². The van der Waals surface area contributed by atoms with Crippen LogP contribution >= 0.6 is 23.2 Å². The molecule has 3 nitrogen and oxygen atoms in total. The van der Waals surface area contributed by atoms with Crippen molar-refractivity contribution in [3.05, 3.63) is 29.3 Å². The molecule has 0 aliphatic rings. The molecule has 0 heterocycles. The average molecular weight is 304 g/mol. The van der Waals surface area contributed by atoms with Gasteiger partial charge in [0.2, 0.25) is 4.33 Å². The Balaban J connectivity index is 3.01. The van der Waals surface area contributed by atoms with E-state index in [0.717, 1.165) is 29.7 Å². The molecule has 1 N–H and O–H groups in total. The van der Waals surface area contributed by atoms with Crippen LogP contribution in [-0.2, 0) is 22.4 Å². The quantitative estimate of drug-likeness (QED) is 0.816. The largest absolute Gasteiger partial charge is 0.381 e. The summed E-state index contributed by atoms with van der Waals surface area (Å²) in [5, 5.41) is 2.82. The van der Waals surface area contributed by atoms with E-state index in [4.69, 9.17) is 27.9 Å². The fourth-order valence-electron chi connectivity index (χ4n) is 1.85. The Morgan fingerprint density at radius 1 is 1.26 bits per heavy atom. The first-order valence-electron chi connectivity index (χ1n) is 6.25. The summed E-state index contributed by atoms with van der Waals surface area (Å²) in [5.41, 5.74) is 2.93. The van der Waals surface area contributed by atoms with Crippen LogP contribution in [-0.4, -0.2) is 24.0 Å². The van der Waals surface area contributed by atoms with Crippen LogP contribution in [0.1, 0.15) is 25.0 Å². The topological polar surface area (TPSA) is 38.3 Å². The Morgan fingerprint density at radius 3 is 2.21 bits per heavy atom. The highest BCUT2D eigenvalue weighted by Gasteiger charge is 2.34. The minimum absolute atomic E-state index is 0.0578. The Labute approximate surface area is 124 Å². The van der Waals surface area contributed by atoms with Gasteiger partial charge in [-0.15, -0.1) is 0 Å². The maximum atomic E-state index is 12.1. The smallest absolute Gasteiger partial charge is 0.263 e. The van der Waals surface area contributed by atoms with Crippen molar-refractivity contribution in [2.24, 2.45) is 0 Å². The molecule has 0 bridgehead atoms. The molecule has 0 aliphatic heterocycles. The van der Waals surface area contributed by atoms with Gasteiger partial charge in [-0.2, -0.15) is 0 Å². The first-order valence-corrected chi connectivity index (χ1v) is 7.00. The molecule has 0 saturated carbocycles. The summed E-state index contributed by atoms with van der Waals surface area (Å²) < 4.78 is 3.27. The number of rotatable bonds is 6. The second kappa shape index (κ2) is 7.13. The van der Waals surface area contributed by atoms with Gasteiger partial charge in [0.15, 0.2) is 0 Å². The lowest BCUT2D eigenvalue weighted by atomic mass is 10.0. The maximum absolute atomic E-state index is 12.1. The van der Waals surface area contributed by atoms with Crippen molar-refractivity contribution in [1.82, 2.24) is 0 Å². The van der Waals surface area contributed by atoms with Crippen molar-refractivity contribution < 1.29 is 9.53 Å². The summed E-state index contributed by atoms with van der Waals surface area (Å²) in [7, 11) is 1.45. The molecule has 0 atom stereocenters. The van der Waals surface area contributed by atoms with Crippen LogP contribution in [0, 0.1) is 0 Å². The van der Waals surface area contributed by atoms with Crippen molar-refractivity contribution in [3.63, 3.8) is 0 Å². The van der Waals surface area contributed by atoms with Gasteiger partial charge in [0, 0.05) is 12.8 Å². The number of nitrogens with one attached hydrogen (secondary N) is 1. The highest BCUT2D eigenvalue weighted by atomic mass is 35.5. The molecule has 1 aromatic carbocycles. The lowest BCUT2D eigenvalue weighted by Gasteiger charge is -2.20. The van der Waals surface area contributed by atoms with Crippen LogP contribution in [0.4, 0.5) is 5.69 Å². The van der Waals surface area contributed by atoms with E-state index in [2.05, 4.69) is 5.32 Å².